The zero-order chi connectivity index (χ0) is 15.1. The van der Waals surface area contributed by atoms with Gasteiger partial charge in [0.2, 0.25) is 0 Å². The molecule has 0 saturated heterocycles. The summed E-state index contributed by atoms with van der Waals surface area (Å²) in [4.78, 5) is 14.3. The number of nitrogens with zero attached hydrogens (tertiary/aromatic N) is 1. The van der Waals surface area contributed by atoms with Gasteiger partial charge in [-0.05, 0) is 44.1 Å². The van der Waals surface area contributed by atoms with Crippen molar-refractivity contribution in [3.05, 3.63) is 35.4 Å². The van der Waals surface area contributed by atoms with Gasteiger partial charge < -0.3 is 10.2 Å². The molecule has 4 heteroatoms. The lowest BCUT2D eigenvalue weighted by Gasteiger charge is -2.26. The Morgan fingerprint density at radius 1 is 1.25 bits per heavy atom. The minimum atomic E-state index is -0.0262. The normalized spacial score (nSPS) is 12.8. The third-order valence-electron chi connectivity index (χ3n) is 3.34. The van der Waals surface area contributed by atoms with Crippen LogP contribution in [-0.2, 0) is 5.88 Å². The van der Waals surface area contributed by atoms with Crippen molar-refractivity contribution in [2.24, 2.45) is 5.92 Å². The summed E-state index contributed by atoms with van der Waals surface area (Å²) in [6.07, 6.45) is 1.07. The topological polar surface area (TPSA) is 32.3 Å². The number of likely N-dealkylation sites (N-methyl/N-ethyl adjacent to an activating group) is 1. The number of amides is 1. The van der Waals surface area contributed by atoms with Gasteiger partial charge in [0.05, 0.1) is 0 Å². The molecule has 0 bridgehead atoms. The molecule has 1 amide bonds. The van der Waals surface area contributed by atoms with E-state index in [2.05, 4.69) is 38.2 Å². The van der Waals surface area contributed by atoms with E-state index in [4.69, 9.17) is 11.6 Å². The van der Waals surface area contributed by atoms with Gasteiger partial charge in [-0.15, -0.1) is 11.6 Å². The van der Waals surface area contributed by atoms with Crippen molar-refractivity contribution in [3.8, 4) is 0 Å². The molecule has 3 nitrogen and oxygen atoms in total. The van der Waals surface area contributed by atoms with Gasteiger partial charge in [0, 0.05) is 24.0 Å². The summed E-state index contributed by atoms with van der Waals surface area (Å²) in [5.74, 6) is 1.06. The highest BCUT2D eigenvalue weighted by Crippen LogP contribution is 2.09. The highest BCUT2D eigenvalue weighted by molar-refractivity contribution is 6.17. The molecule has 0 saturated carbocycles. The number of alkyl halides is 1. The Morgan fingerprint density at radius 2 is 1.85 bits per heavy atom. The van der Waals surface area contributed by atoms with Crippen LogP contribution in [0.3, 0.4) is 0 Å². The predicted molar refractivity (Wildman–Crippen MR) is 85.3 cm³/mol. The molecular weight excluding hydrogens is 272 g/mol. The molecule has 20 heavy (non-hydrogen) atoms. The first-order valence-electron chi connectivity index (χ1n) is 7.03. The zero-order valence-electron chi connectivity index (χ0n) is 12.8. The molecule has 0 radical (unpaired) electrons. The third-order valence-corrected chi connectivity index (χ3v) is 3.65. The van der Waals surface area contributed by atoms with E-state index in [-0.39, 0.29) is 5.91 Å². The first kappa shape index (κ1) is 17.0. The number of benzene rings is 1. The summed E-state index contributed by atoms with van der Waals surface area (Å²) >= 11 is 5.74. The Morgan fingerprint density at radius 3 is 2.30 bits per heavy atom. The molecule has 0 aromatic heterocycles. The maximum absolute atomic E-state index is 12.1. The molecule has 0 heterocycles. The van der Waals surface area contributed by atoms with Gasteiger partial charge in [0.25, 0.3) is 5.91 Å². The largest absolute Gasteiger partial charge is 0.350 e. The minimum absolute atomic E-state index is 0.0262. The lowest BCUT2D eigenvalue weighted by Crippen LogP contribution is -2.41. The molecule has 0 aliphatic rings. The fourth-order valence-electron chi connectivity index (χ4n) is 2.08. The van der Waals surface area contributed by atoms with Crippen LogP contribution < -0.4 is 5.32 Å². The average molecular weight is 297 g/mol. The molecule has 1 atom stereocenters. The second-order valence-corrected chi connectivity index (χ2v) is 6.05. The number of carbonyl (C=O) groups excluding carboxylic acids is 1. The van der Waals surface area contributed by atoms with Crippen LogP contribution in [-0.4, -0.2) is 37.5 Å². The Labute approximate surface area is 127 Å². The number of hydrogen-bond acceptors (Lipinski definition) is 2. The SMILES string of the molecule is CC(C)CC(CNC(=O)c1ccc(CCl)cc1)N(C)C. The molecular formula is C16H25ClN2O. The zero-order valence-corrected chi connectivity index (χ0v) is 13.6. The molecule has 1 unspecified atom stereocenters. The van der Waals surface area contributed by atoms with E-state index in [0.29, 0.717) is 29.9 Å². The first-order chi connectivity index (χ1) is 9.43. The molecule has 0 aliphatic carbocycles. The quantitative estimate of drug-likeness (QED) is 0.784. The number of carbonyl (C=O) groups is 1. The van der Waals surface area contributed by atoms with Crippen molar-refractivity contribution in [3.63, 3.8) is 0 Å². The van der Waals surface area contributed by atoms with Crippen LogP contribution in [0.15, 0.2) is 24.3 Å². The number of halogens is 1. The summed E-state index contributed by atoms with van der Waals surface area (Å²) in [5, 5.41) is 3.01. The van der Waals surface area contributed by atoms with Crippen molar-refractivity contribution in [2.75, 3.05) is 20.6 Å². The van der Waals surface area contributed by atoms with E-state index in [1.54, 1.807) is 0 Å². The summed E-state index contributed by atoms with van der Waals surface area (Å²) in [6.45, 7) is 5.06. The van der Waals surface area contributed by atoms with Gasteiger partial charge in [-0.2, -0.15) is 0 Å². The lowest BCUT2D eigenvalue weighted by molar-refractivity contribution is 0.0938. The van der Waals surface area contributed by atoms with Gasteiger partial charge in [-0.3, -0.25) is 4.79 Å². The van der Waals surface area contributed by atoms with Gasteiger partial charge in [0.15, 0.2) is 0 Å². The van der Waals surface area contributed by atoms with Crippen molar-refractivity contribution >= 4 is 17.5 Å². The van der Waals surface area contributed by atoms with Crippen LogP contribution in [0, 0.1) is 5.92 Å². The summed E-state index contributed by atoms with van der Waals surface area (Å²) in [5.41, 5.74) is 1.70. The van der Waals surface area contributed by atoms with Gasteiger partial charge >= 0.3 is 0 Å². The fourth-order valence-corrected chi connectivity index (χ4v) is 2.26. The van der Waals surface area contributed by atoms with Crippen LogP contribution >= 0.6 is 11.6 Å². The molecule has 1 N–H and O–H groups in total. The van der Waals surface area contributed by atoms with Crippen LogP contribution in [0.2, 0.25) is 0 Å². The highest BCUT2D eigenvalue weighted by atomic mass is 35.5. The van der Waals surface area contributed by atoms with E-state index >= 15 is 0 Å². The van der Waals surface area contributed by atoms with E-state index < -0.39 is 0 Å². The maximum atomic E-state index is 12.1. The van der Waals surface area contributed by atoms with E-state index in [1.165, 1.54) is 0 Å². The first-order valence-corrected chi connectivity index (χ1v) is 7.57. The predicted octanol–water partition coefficient (Wildman–Crippen LogP) is 3.13. The van der Waals surface area contributed by atoms with Crippen LogP contribution in [0.1, 0.15) is 36.2 Å². The van der Waals surface area contributed by atoms with Gasteiger partial charge in [0.1, 0.15) is 0 Å². The van der Waals surface area contributed by atoms with Gasteiger partial charge in [-0.25, -0.2) is 0 Å². The Balaban J connectivity index is 2.55. The monoisotopic (exact) mass is 296 g/mol. The summed E-state index contributed by atoms with van der Waals surface area (Å²) in [7, 11) is 4.10. The maximum Gasteiger partial charge on any atom is 0.251 e. The number of rotatable bonds is 7. The fraction of sp³-hybridized carbons (Fsp3) is 0.562. The van der Waals surface area contributed by atoms with Crippen LogP contribution in [0.4, 0.5) is 0 Å². The van der Waals surface area contributed by atoms with Crippen molar-refractivity contribution in [1.82, 2.24) is 10.2 Å². The molecule has 1 rings (SSSR count). The highest BCUT2D eigenvalue weighted by Gasteiger charge is 2.15. The van der Waals surface area contributed by atoms with Crippen molar-refractivity contribution < 1.29 is 4.79 Å². The van der Waals surface area contributed by atoms with Crippen LogP contribution in [0.5, 0.6) is 0 Å². The van der Waals surface area contributed by atoms with Crippen molar-refractivity contribution in [2.45, 2.75) is 32.2 Å². The molecule has 1 aromatic rings. The third kappa shape index (κ3) is 5.51. The summed E-state index contributed by atoms with van der Waals surface area (Å²) < 4.78 is 0. The number of nitrogens with one attached hydrogen (secondary N) is 1. The molecule has 0 fully saturated rings. The molecule has 1 aromatic carbocycles. The second kappa shape index (κ2) is 8.28. The van der Waals surface area contributed by atoms with Crippen LogP contribution in [0.25, 0.3) is 0 Å². The summed E-state index contributed by atoms with van der Waals surface area (Å²) in [6, 6.07) is 7.78. The minimum Gasteiger partial charge on any atom is -0.350 e. The number of hydrogen-bond donors (Lipinski definition) is 1. The molecule has 112 valence electrons. The Hall–Kier alpha value is -1.06. The molecule has 0 spiro atoms. The Kier molecular flexibility index (Phi) is 7.03. The Bertz CT molecular complexity index is 415. The average Bonchev–Trinajstić information content (AvgIpc) is 2.42. The van der Waals surface area contributed by atoms with E-state index in [9.17, 15) is 4.79 Å². The van der Waals surface area contributed by atoms with Crippen molar-refractivity contribution in [1.29, 1.82) is 0 Å². The molecule has 0 aliphatic heterocycles. The second-order valence-electron chi connectivity index (χ2n) is 5.79. The van der Waals surface area contributed by atoms with E-state index in [1.807, 2.05) is 24.3 Å². The standard InChI is InChI=1S/C16H25ClN2O/c1-12(2)9-15(19(3)4)11-18-16(20)14-7-5-13(10-17)6-8-14/h5-8,12,15H,9-11H2,1-4H3,(H,18,20). The smallest absolute Gasteiger partial charge is 0.251 e. The van der Waals surface area contributed by atoms with Gasteiger partial charge in [-0.1, -0.05) is 26.0 Å². The lowest BCUT2D eigenvalue weighted by atomic mass is 10.0. The van der Waals surface area contributed by atoms with E-state index in [0.717, 1.165) is 12.0 Å².